The van der Waals surface area contributed by atoms with E-state index in [1.165, 1.54) is 6.21 Å². The number of nitrogens with two attached hydrogens (primary N) is 1. The molecule has 0 rings (SSSR count). The van der Waals surface area contributed by atoms with Gasteiger partial charge in [0.15, 0.2) is 0 Å². The number of nitrogens with zero attached hydrogens (tertiary/aromatic N) is 2. The molecule has 74 valence electrons. The van der Waals surface area contributed by atoms with Gasteiger partial charge < -0.3 is 15.4 Å². The van der Waals surface area contributed by atoms with Crippen LogP contribution < -0.4 is 5.73 Å². The van der Waals surface area contributed by atoms with Crippen LogP contribution >= 0.6 is 0 Å². The van der Waals surface area contributed by atoms with Crippen LogP contribution in [0.5, 0.6) is 0 Å². The highest BCUT2D eigenvalue weighted by molar-refractivity contribution is 5.76. The normalized spacial score (nSPS) is 10.3. The fraction of sp³-hybridized carbons (Fsp3) is 0.444. The number of rotatable bonds is 6. The van der Waals surface area contributed by atoms with Crippen molar-refractivity contribution in [2.75, 3.05) is 27.3 Å². The molecule has 0 aromatic rings. The number of likely N-dealkylation sites (N-methyl/N-ethyl adjacent to an activating group) is 1. The topological polar surface area (TPSA) is 50.8 Å². The van der Waals surface area contributed by atoms with E-state index in [0.717, 1.165) is 6.54 Å². The number of methoxy groups -OCH3 is 1. The van der Waals surface area contributed by atoms with Crippen molar-refractivity contribution < 1.29 is 4.74 Å². The average molecular weight is 183 g/mol. The monoisotopic (exact) mass is 183 g/mol. The molecule has 0 atom stereocenters. The van der Waals surface area contributed by atoms with Crippen molar-refractivity contribution in [3.05, 3.63) is 24.7 Å². The van der Waals surface area contributed by atoms with E-state index in [1.54, 1.807) is 7.11 Å². The summed E-state index contributed by atoms with van der Waals surface area (Å²) in [5, 5.41) is 0. The lowest BCUT2D eigenvalue weighted by Crippen LogP contribution is -2.21. The van der Waals surface area contributed by atoms with E-state index in [4.69, 9.17) is 10.5 Å². The van der Waals surface area contributed by atoms with Crippen LogP contribution in [0.4, 0.5) is 0 Å². The lowest BCUT2D eigenvalue weighted by Gasteiger charge is -2.17. The Morgan fingerprint density at radius 3 is 2.69 bits per heavy atom. The molecular weight excluding hydrogens is 166 g/mol. The second kappa shape index (κ2) is 6.25. The third-order valence-electron chi connectivity index (χ3n) is 1.45. The molecule has 0 saturated carbocycles. The van der Waals surface area contributed by atoms with Crippen LogP contribution in [0.2, 0.25) is 0 Å². The van der Waals surface area contributed by atoms with Crippen LogP contribution in [0, 0.1) is 0 Å². The van der Waals surface area contributed by atoms with E-state index in [2.05, 4.69) is 18.2 Å². The Labute approximate surface area is 79.4 Å². The molecule has 4 heteroatoms. The Hall–Kier alpha value is -1.29. The first kappa shape index (κ1) is 11.7. The standard InChI is InChI=1S/C9H17N3O/c1-8(10)7-11-9(2)12(3)5-6-13-4/h7H,1-2,5-6,10H2,3-4H3/b11-7-. The fourth-order valence-electron chi connectivity index (χ4n) is 0.613. The summed E-state index contributed by atoms with van der Waals surface area (Å²) in [7, 11) is 3.54. The summed E-state index contributed by atoms with van der Waals surface area (Å²) in [6.45, 7) is 8.65. The number of ether oxygens (including phenoxy) is 1. The van der Waals surface area contributed by atoms with Crippen molar-refractivity contribution in [1.82, 2.24) is 4.90 Å². The van der Waals surface area contributed by atoms with Gasteiger partial charge in [-0.1, -0.05) is 13.2 Å². The van der Waals surface area contributed by atoms with Crippen molar-refractivity contribution in [2.45, 2.75) is 0 Å². The molecule has 0 aromatic heterocycles. The average Bonchev–Trinajstić information content (AvgIpc) is 2.10. The second-order valence-corrected chi connectivity index (χ2v) is 2.66. The van der Waals surface area contributed by atoms with E-state index in [1.807, 2.05) is 11.9 Å². The Morgan fingerprint density at radius 2 is 2.23 bits per heavy atom. The minimum Gasteiger partial charge on any atom is -0.398 e. The van der Waals surface area contributed by atoms with Crippen LogP contribution in [0.15, 0.2) is 29.7 Å². The number of aliphatic imine (C=N–C) groups is 1. The third kappa shape index (κ3) is 5.93. The molecule has 0 fully saturated rings. The molecule has 0 spiro atoms. The Kier molecular flexibility index (Phi) is 5.63. The van der Waals surface area contributed by atoms with Gasteiger partial charge in [-0.05, 0) is 0 Å². The highest BCUT2D eigenvalue weighted by atomic mass is 16.5. The molecule has 0 bridgehead atoms. The summed E-state index contributed by atoms with van der Waals surface area (Å²) in [5.41, 5.74) is 5.73. The minimum absolute atomic E-state index is 0.418. The summed E-state index contributed by atoms with van der Waals surface area (Å²) in [4.78, 5) is 5.88. The first-order valence-electron chi connectivity index (χ1n) is 3.95. The highest BCUT2D eigenvalue weighted by Crippen LogP contribution is 1.98. The van der Waals surface area contributed by atoms with Gasteiger partial charge in [0, 0.05) is 26.4 Å². The van der Waals surface area contributed by atoms with Crippen LogP contribution in [-0.4, -0.2) is 38.4 Å². The first-order chi connectivity index (χ1) is 6.07. The van der Waals surface area contributed by atoms with Gasteiger partial charge in [0.25, 0.3) is 0 Å². The number of hydrogen-bond donors (Lipinski definition) is 1. The Bertz CT molecular complexity index is 211. The summed E-state index contributed by atoms with van der Waals surface area (Å²) in [6, 6.07) is 0. The summed E-state index contributed by atoms with van der Waals surface area (Å²) in [6.07, 6.45) is 1.48. The molecule has 4 nitrogen and oxygen atoms in total. The molecule has 0 radical (unpaired) electrons. The van der Waals surface area contributed by atoms with Gasteiger partial charge in [-0.25, -0.2) is 4.99 Å². The van der Waals surface area contributed by atoms with Crippen molar-refractivity contribution in [2.24, 2.45) is 10.7 Å². The van der Waals surface area contributed by atoms with E-state index in [0.29, 0.717) is 18.1 Å². The largest absolute Gasteiger partial charge is 0.398 e. The molecule has 0 aromatic carbocycles. The SMILES string of the molecule is C=C(N)/C=N\C(=C)N(C)CCOC. The van der Waals surface area contributed by atoms with Gasteiger partial charge in [0.05, 0.1) is 12.8 Å². The molecule has 0 aliphatic heterocycles. The van der Waals surface area contributed by atoms with E-state index < -0.39 is 0 Å². The molecule has 0 aliphatic carbocycles. The van der Waals surface area contributed by atoms with Gasteiger partial charge in [0.1, 0.15) is 5.82 Å². The molecule has 0 heterocycles. The Morgan fingerprint density at radius 1 is 1.62 bits per heavy atom. The van der Waals surface area contributed by atoms with E-state index >= 15 is 0 Å². The molecular formula is C9H17N3O. The molecule has 0 saturated heterocycles. The zero-order chi connectivity index (χ0) is 10.3. The van der Waals surface area contributed by atoms with Gasteiger partial charge in [-0.2, -0.15) is 0 Å². The van der Waals surface area contributed by atoms with Crippen molar-refractivity contribution in [3.63, 3.8) is 0 Å². The first-order valence-corrected chi connectivity index (χ1v) is 3.95. The highest BCUT2D eigenvalue weighted by Gasteiger charge is 1.97. The van der Waals surface area contributed by atoms with Gasteiger partial charge in [-0.3, -0.25) is 0 Å². The third-order valence-corrected chi connectivity index (χ3v) is 1.45. The summed E-state index contributed by atoms with van der Waals surface area (Å²) in [5.74, 6) is 0.642. The minimum atomic E-state index is 0.418. The second-order valence-electron chi connectivity index (χ2n) is 2.66. The van der Waals surface area contributed by atoms with Crippen molar-refractivity contribution in [1.29, 1.82) is 0 Å². The smallest absolute Gasteiger partial charge is 0.121 e. The number of allylic oxidation sites excluding steroid dienone is 1. The van der Waals surface area contributed by atoms with E-state index in [9.17, 15) is 0 Å². The van der Waals surface area contributed by atoms with Gasteiger partial charge >= 0.3 is 0 Å². The molecule has 0 amide bonds. The lowest BCUT2D eigenvalue weighted by molar-refractivity contribution is 0.173. The van der Waals surface area contributed by atoms with Crippen LogP contribution in [0.3, 0.4) is 0 Å². The maximum Gasteiger partial charge on any atom is 0.121 e. The van der Waals surface area contributed by atoms with Gasteiger partial charge in [-0.15, -0.1) is 0 Å². The maximum atomic E-state index is 5.31. The zero-order valence-electron chi connectivity index (χ0n) is 8.29. The summed E-state index contributed by atoms with van der Waals surface area (Å²) < 4.78 is 4.91. The summed E-state index contributed by atoms with van der Waals surface area (Å²) >= 11 is 0. The Balaban J connectivity index is 3.89. The molecule has 0 unspecified atom stereocenters. The van der Waals surface area contributed by atoms with Crippen molar-refractivity contribution >= 4 is 6.21 Å². The fourth-order valence-corrected chi connectivity index (χ4v) is 0.613. The molecule has 0 aliphatic rings. The van der Waals surface area contributed by atoms with Crippen LogP contribution in [0.1, 0.15) is 0 Å². The molecule has 2 N–H and O–H groups in total. The van der Waals surface area contributed by atoms with Crippen LogP contribution in [0.25, 0.3) is 0 Å². The zero-order valence-corrected chi connectivity index (χ0v) is 8.29. The predicted molar refractivity (Wildman–Crippen MR) is 55.5 cm³/mol. The molecule has 13 heavy (non-hydrogen) atoms. The van der Waals surface area contributed by atoms with Gasteiger partial charge in [0.2, 0.25) is 0 Å². The van der Waals surface area contributed by atoms with Crippen LogP contribution in [-0.2, 0) is 4.74 Å². The van der Waals surface area contributed by atoms with Crippen molar-refractivity contribution in [3.8, 4) is 0 Å². The number of hydrogen-bond acceptors (Lipinski definition) is 4. The quantitative estimate of drug-likeness (QED) is 0.613. The lowest BCUT2D eigenvalue weighted by atomic mass is 10.5. The van der Waals surface area contributed by atoms with E-state index in [-0.39, 0.29) is 0 Å². The predicted octanol–water partition coefficient (Wildman–Crippen LogP) is 0.579. The maximum absolute atomic E-state index is 5.31.